The van der Waals surface area contributed by atoms with Crippen LogP contribution in [0.2, 0.25) is 0 Å². The first-order valence-corrected chi connectivity index (χ1v) is 8.00. The SMILES string of the molecule is CCC(CC)N(CCO)S(=O)(=O)c1ccc(N)cc1F. The Hall–Kier alpha value is -1.18. The van der Waals surface area contributed by atoms with E-state index in [1.807, 2.05) is 13.8 Å². The molecule has 0 bridgehead atoms. The number of benzene rings is 1. The van der Waals surface area contributed by atoms with Crippen LogP contribution in [-0.2, 0) is 10.0 Å². The van der Waals surface area contributed by atoms with E-state index in [-0.39, 0.29) is 24.9 Å². The molecule has 1 aromatic carbocycles. The van der Waals surface area contributed by atoms with E-state index in [4.69, 9.17) is 10.8 Å². The van der Waals surface area contributed by atoms with Gasteiger partial charge in [0.05, 0.1) is 6.61 Å². The van der Waals surface area contributed by atoms with Crippen molar-refractivity contribution in [2.45, 2.75) is 37.6 Å². The maximum absolute atomic E-state index is 13.9. The van der Waals surface area contributed by atoms with Gasteiger partial charge in [-0.25, -0.2) is 12.8 Å². The average molecular weight is 304 g/mol. The highest BCUT2D eigenvalue weighted by Crippen LogP contribution is 2.24. The lowest BCUT2D eigenvalue weighted by molar-refractivity contribution is 0.219. The number of hydrogen-bond acceptors (Lipinski definition) is 4. The smallest absolute Gasteiger partial charge is 0.246 e. The van der Waals surface area contributed by atoms with Gasteiger partial charge in [-0.3, -0.25) is 0 Å². The van der Waals surface area contributed by atoms with Gasteiger partial charge in [0.15, 0.2) is 0 Å². The first kappa shape index (κ1) is 16.9. The molecule has 114 valence electrons. The molecule has 0 saturated heterocycles. The van der Waals surface area contributed by atoms with Crippen molar-refractivity contribution >= 4 is 15.7 Å². The lowest BCUT2D eigenvalue weighted by atomic mass is 10.2. The van der Waals surface area contributed by atoms with E-state index in [0.717, 1.165) is 16.4 Å². The Morgan fingerprint density at radius 1 is 1.35 bits per heavy atom. The molecule has 0 amide bonds. The average Bonchev–Trinajstić information content (AvgIpc) is 2.38. The van der Waals surface area contributed by atoms with Crippen LogP contribution in [0.15, 0.2) is 23.1 Å². The van der Waals surface area contributed by atoms with Crippen LogP contribution in [0.3, 0.4) is 0 Å². The van der Waals surface area contributed by atoms with E-state index in [0.29, 0.717) is 12.8 Å². The minimum atomic E-state index is -3.99. The molecule has 0 fully saturated rings. The molecule has 0 aliphatic heterocycles. The van der Waals surface area contributed by atoms with Crippen LogP contribution in [0.1, 0.15) is 26.7 Å². The van der Waals surface area contributed by atoms with Crippen LogP contribution in [0.4, 0.5) is 10.1 Å². The molecule has 5 nitrogen and oxygen atoms in total. The van der Waals surface area contributed by atoms with E-state index in [1.165, 1.54) is 6.07 Å². The Balaban J connectivity index is 3.28. The van der Waals surface area contributed by atoms with Crippen molar-refractivity contribution in [3.8, 4) is 0 Å². The first-order valence-electron chi connectivity index (χ1n) is 6.56. The molecular weight excluding hydrogens is 283 g/mol. The quantitative estimate of drug-likeness (QED) is 0.749. The first-order chi connectivity index (χ1) is 9.38. The lowest BCUT2D eigenvalue weighted by Crippen LogP contribution is -2.41. The van der Waals surface area contributed by atoms with Crippen LogP contribution in [0, 0.1) is 5.82 Å². The summed E-state index contributed by atoms with van der Waals surface area (Å²) in [7, 11) is -3.99. The third kappa shape index (κ3) is 3.47. The van der Waals surface area contributed by atoms with E-state index in [1.54, 1.807) is 0 Å². The number of sulfonamides is 1. The second-order valence-electron chi connectivity index (χ2n) is 4.50. The Morgan fingerprint density at radius 2 is 1.95 bits per heavy atom. The fraction of sp³-hybridized carbons (Fsp3) is 0.538. The van der Waals surface area contributed by atoms with Crippen molar-refractivity contribution < 1.29 is 17.9 Å². The van der Waals surface area contributed by atoms with E-state index in [2.05, 4.69) is 0 Å². The number of anilines is 1. The summed E-state index contributed by atoms with van der Waals surface area (Å²) in [6.45, 7) is 3.34. The van der Waals surface area contributed by atoms with Gasteiger partial charge in [-0.1, -0.05) is 13.8 Å². The molecule has 0 atom stereocenters. The van der Waals surface area contributed by atoms with E-state index < -0.39 is 20.7 Å². The molecule has 0 aromatic heterocycles. The maximum Gasteiger partial charge on any atom is 0.246 e. The van der Waals surface area contributed by atoms with Gasteiger partial charge in [0.1, 0.15) is 10.7 Å². The van der Waals surface area contributed by atoms with Crippen LogP contribution >= 0.6 is 0 Å². The third-order valence-corrected chi connectivity index (χ3v) is 5.20. The molecule has 1 rings (SSSR count). The van der Waals surface area contributed by atoms with Crippen molar-refractivity contribution in [1.82, 2.24) is 4.31 Å². The van der Waals surface area contributed by atoms with Gasteiger partial charge in [-0.2, -0.15) is 4.31 Å². The van der Waals surface area contributed by atoms with Gasteiger partial charge in [0.25, 0.3) is 0 Å². The summed E-state index contributed by atoms with van der Waals surface area (Å²) < 4.78 is 40.1. The second-order valence-corrected chi connectivity index (χ2v) is 6.36. The van der Waals surface area contributed by atoms with Gasteiger partial charge in [0, 0.05) is 18.3 Å². The molecular formula is C13H21FN2O3S. The highest BCUT2D eigenvalue weighted by molar-refractivity contribution is 7.89. The predicted octanol–water partition coefficient (Wildman–Crippen LogP) is 1.58. The second kappa shape index (κ2) is 7.01. The summed E-state index contributed by atoms with van der Waals surface area (Å²) in [4.78, 5) is -0.410. The highest BCUT2D eigenvalue weighted by atomic mass is 32.2. The van der Waals surface area contributed by atoms with Gasteiger partial charge >= 0.3 is 0 Å². The summed E-state index contributed by atoms with van der Waals surface area (Å²) in [5.74, 6) is -0.876. The zero-order valence-electron chi connectivity index (χ0n) is 11.7. The molecule has 0 spiro atoms. The van der Waals surface area contributed by atoms with Crippen molar-refractivity contribution in [2.75, 3.05) is 18.9 Å². The Labute approximate surface area is 119 Å². The standard InChI is InChI=1S/C13H21FN2O3S/c1-3-11(4-2)16(7-8-17)20(18,19)13-6-5-10(15)9-12(13)14/h5-6,9,11,17H,3-4,7-8,15H2,1-2H3. The zero-order valence-corrected chi connectivity index (χ0v) is 12.5. The van der Waals surface area contributed by atoms with Gasteiger partial charge < -0.3 is 10.8 Å². The van der Waals surface area contributed by atoms with Crippen molar-refractivity contribution in [2.24, 2.45) is 0 Å². The van der Waals surface area contributed by atoms with Crippen LogP contribution in [0.25, 0.3) is 0 Å². The van der Waals surface area contributed by atoms with Crippen molar-refractivity contribution in [1.29, 1.82) is 0 Å². The monoisotopic (exact) mass is 304 g/mol. The molecule has 3 N–H and O–H groups in total. The molecule has 7 heteroatoms. The summed E-state index contributed by atoms with van der Waals surface area (Å²) >= 11 is 0. The molecule has 0 radical (unpaired) electrons. The molecule has 20 heavy (non-hydrogen) atoms. The lowest BCUT2D eigenvalue weighted by Gasteiger charge is -2.29. The minimum absolute atomic E-state index is 0.0570. The third-order valence-electron chi connectivity index (χ3n) is 3.21. The van der Waals surface area contributed by atoms with Crippen LogP contribution < -0.4 is 5.73 Å². The predicted molar refractivity (Wildman–Crippen MR) is 76.2 cm³/mol. The topological polar surface area (TPSA) is 83.6 Å². The Morgan fingerprint density at radius 3 is 2.40 bits per heavy atom. The molecule has 0 saturated carbocycles. The van der Waals surface area contributed by atoms with Gasteiger partial charge in [-0.15, -0.1) is 0 Å². The van der Waals surface area contributed by atoms with Crippen LogP contribution in [0.5, 0.6) is 0 Å². The number of nitrogen functional groups attached to an aromatic ring is 1. The zero-order chi connectivity index (χ0) is 15.3. The van der Waals surface area contributed by atoms with Crippen molar-refractivity contribution in [3.63, 3.8) is 0 Å². The number of nitrogens with zero attached hydrogens (tertiary/aromatic N) is 1. The highest BCUT2D eigenvalue weighted by Gasteiger charge is 2.31. The van der Waals surface area contributed by atoms with Gasteiger partial charge in [0.2, 0.25) is 10.0 Å². The number of nitrogens with two attached hydrogens (primary N) is 1. The number of halogens is 1. The fourth-order valence-corrected chi connectivity index (χ4v) is 3.96. The summed E-state index contributed by atoms with van der Waals surface area (Å²) in [5, 5.41) is 9.08. The molecule has 0 heterocycles. The molecule has 1 aromatic rings. The molecule has 0 aliphatic carbocycles. The molecule has 0 aliphatic rings. The summed E-state index contributed by atoms with van der Waals surface area (Å²) in [6, 6.07) is 3.22. The number of aliphatic hydroxyl groups is 1. The van der Waals surface area contributed by atoms with E-state index >= 15 is 0 Å². The summed E-state index contributed by atoms with van der Waals surface area (Å²) in [6.07, 6.45) is 1.18. The summed E-state index contributed by atoms with van der Waals surface area (Å²) in [5.41, 5.74) is 5.59. The number of aliphatic hydroxyl groups excluding tert-OH is 1. The fourth-order valence-electron chi connectivity index (χ4n) is 2.15. The number of hydrogen-bond donors (Lipinski definition) is 2. The largest absolute Gasteiger partial charge is 0.399 e. The minimum Gasteiger partial charge on any atom is -0.399 e. The molecule has 0 unspecified atom stereocenters. The van der Waals surface area contributed by atoms with Crippen molar-refractivity contribution in [3.05, 3.63) is 24.0 Å². The maximum atomic E-state index is 13.9. The number of rotatable bonds is 7. The normalized spacial score (nSPS) is 12.3. The van der Waals surface area contributed by atoms with Crippen LogP contribution in [-0.4, -0.2) is 37.0 Å². The van der Waals surface area contributed by atoms with Gasteiger partial charge in [-0.05, 0) is 31.0 Å². The van der Waals surface area contributed by atoms with E-state index in [9.17, 15) is 12.8 Å². The Kier molecular flexibility index (Phi) is 5.91. The Bertz CT molecular complexity index is 545.